The molecular weight excluding hydrogens is 284 g/mol. The fourth-order valence-corrected chi connectivity index (χ4v) is 1.59. The molecule has 6 heteroatoms. The smallest absolute Gasteiger partial charge is 0.242 e. The summed E-state index contributed by atoms with van der Waals surface area (Å²) >= 11 is 0. The number of rotatable bonds is 8. The first kappa shape index (κ1) is 18.2. The van der Waals surface area contributed by atoms with Crippen LogP contribution in [0.2, 0.25) is 0 Å². The van der Waals surface area contributed by atoms with E-state index in [0.29, 0.717) is 26.2 Å². The van der Waals surface area contributed by atoms with Crippen LogP contribution in [0, 0.1) is 5.41 Å². The quantitative estimate of drug-likeness (QED) is 0.718. The lowest BCUT2D eigenvalue weighted by molar-refractivity contribution is -0.133. The van der Waals surface area contributed by atoms with E-state index in [-0.39, 0.29) is 11.8 Å². The van der Waals surface area contributed by atoms with E-state index in [1.54, 1.807) is 13.2 Å². The van der Waals surface area contributed by atoms with E-state index in [4.69, 9.17) is 9.15 Å². The Morgan fingerprint density at radius 1 is 1.36 bits per heavy atom. The molecule has 0 radical (unpaired) electrons. The minimum Gasteiger partial charge on any atom is -0.467 e. The fraction of sp³-hybridized carbons (Fsp3) is 0.625. The van der Waals surface area contributed by atoms with Crippen LogP contribution in [-0.4, -0.2) is 31.0 Å². The zero-order valence-electron chi connectivity index (χ0n) is 13.8. The van der Waals surface area contributed by atoms with E-state index in [0.717, 1.165) is 5.76 Å². The highest BCUT2D eigenvalue weighted by Gasteiger charge is 2.24. The third-order valence-electron chi connectivity index (χ3n) is 3.01. The minimum atomic E-state index is -0.546. The molecule has 0 aliphatic carbocycles. The van der Waals surface area contributed by atoms with Crippen LogP contribution >= 0.6 is 0 Å². The Hall–Kier alpha value is -1.82. The van der Waals surface area contributed by atoms with Gasteiger partial charge in [0.2, 0.25) is 11.8 Å². The Balaban J connectivity index is 2.11. The van der Waals surface area contributed by atoms with Crippen molar-refractivity contribution < 1.29 is 18.7 Å². The minimum absolute atomic E-state index is 0.142. The maximum absolute atomic E-state index is 11.8. The molecule has 0 aliphatic heterocycles. The van der Waals surface area contributed by atoms with Crippen LogP contribution in [0.5, 0.6) is 0 Å². The van der Waals surface area contributed by atoms with Crippen LogP contribution < -0.4 is 10.6 Å². The predicted molar refractivity (Wildman–Crippen MR) is 83.1 cm³/mol. The summed E-state index contributed by atoms with van der Waals surface area (Å²) in [5, 5.41) is 5.47. The molecule has 1 heterocycles. The summed E-state index contributed by atoms with van der Waals surface area (Å²) in [5.41, 5.74) is -0.506. The molecule has 1 aromatic heterocycles. The van der Waals surface area contributed by atoms with Gasteiger partial charge in [-0.2, -0.15) is 0 Å². The average Bonchev–Trinajstić information content (AvgIpc) is 2.94. The lowest BCUT2D eigenvalue weighted by Gasteiger charge is -2.21. The van der Waals surface area contributed by atoms with Crippen molar-refractivity contribution in [3.63, 3.8) is 0 Å². The molecule has 0 bridgehead atoms. The van der Waals surface area contributed by atoms with Gasteiger partial charge < -0.3 is 19.8 Å². The molecule has 0 aliphatic rings. The molecule has 22 heavy (non-hydrogen) atoms. The molecule has 1 aromatic rings. The second kappa shape index (κ2) is 8.58. The van der Waals surface area contributed by atoms with Crippen LogP contribution in [0.15, 0.2) is 22.8 Å². The maximum Gasteiger partial charge on any atom is 0.242 e. The van der Waals surface area contributed by atoms with Crippen LogP contribution in [0.3, 0.4) is 0 Å². The van der Waals surface area contributed by atoms with E-state index in [2.05, 4.69) is 10.6 Å². The number of nitrogens with one attached hydrogen (secondary N) is 2. The Labute approximate surface area is 131 Å². The zero-order chi connectivity index (χ0) is 16.6. The standard InChI is InChI=1S/C16H26N2O4/c1-12(18-15(20)16(2,3)4)14(19)17-8-6-9-21-11-13-7-5-10-22-13/h5,7,10,12H,6,8-9,11H2,1-4H3,(H,17,19)(H,18,20). The maximum atomic E-state index is 11.8. The third kappa shape index (κ3) is 6.76. The second-order valence-electron chi connectivity index (χ2n) is 6.22. The Morgan fingerprint density at radius 3 is 2.68 bits per heavy atom. The highest BCUT2D eigenvalue weighted by Crippen LogP contribution is 2.12. The van der Waals surface area contributed by atoms with Crippen molar-refractivity contribution in [1.29, 1.82) is 0 Å². The van der Waals surface area contributed by atoms with Crippen molar-refractivity contribution in [1.82, 2.24) is 10.6 Å². The largest absolute Gasteiger partial charge is 0.467 e. The van der Waals surface area contributed by atoms with E-state index in [1.165, 1.54) is 0 Å². The van der Waals surface area contributed by atoms with Gasteiger partial charge in [-0.1, -0.05) is 20.8 Å². The van der Waals surface area contributed by atoms with E-state index in [1.807, 2.05) is 32.9 Å². The summed E-state index contributed by atoms with van der Waals surface area (Å²) in [4.78, 5) is 23.6. The van der Waals surface area contributed by atoms with Gasteiger partial charge in [-0.25, -0.2) is 0 Å². The first-order valence-electron chi connectivity index (χ1n) is 7.49. The Kier molecular flexibility index (Phi) is 7.11. The molecule has 124 valence electrons. The molecule has 0 saturated carbocycles. The van der Waals surface area contributed by atoms with Gasteiger partial charge in [0.15, 0.2) is 0 Å². The molecule has 1 atom stereocenters. The molecule has 2 amide bonds. The van der Waals surface area contributed by atoms with Gasteiger partial charge in [0.05, 0.1) is 6.26 Å². The molecule has 1 unspecified atom stereocenters. The van der Waals surface area contributed by atoms with E-state index in [9.17, 15) is 9.59 Å². The molecule has 6 nitrogen and oxygen atoms in total. The van der Waals surface area contributed by atoms with Gasteiger partial charge >= 0.3 is 0 Å². The topological polar surface area (TPSA) is 80.6 Å². The van der Waals surface area contributed by atoms with Crippen LogP contribution in [0.25, 0.3) is 0 Å². The first-order chi connectivity index (χ1) is 10.3. The number of ether oxygens (including phenoxy) is 1. The van der Waals surface area contributed by atoms with Crippen molar-refractivity contribution in [2.24, 2.45) is 5.41 Å². The highest BCUT2D eigenvalue weighted by atomic mass is 16.5. The summed E-state index contributed by atoms with van der Waals surface area (Å²) in [5.74, 6) is 0.447. The van der Waals surface area contributed by atoms with Crippen molar-refractivity contribution in [2.75, 3.05) is 13.2 Å². The van der Waals surface area contributed by atoms with Crippen molar-refractivity contribution in [3.8, 4) is 0 Å². The number of furan rings is 1. The van der Waals surface area contributed by atoms with Crippen LogP contribution in [0.4, 0.5) is 0 Å². The van der Waals surface area contributed by atoms with Crippen LogP contribution in [0.1, 0.15) is 39.9 Å². The molecule has 2 N–H and O–H groups in total. The van der Waals surface area contributed by atoms with E-state index < -0.39 is 11.5 Å². The number of hydrogen-bond acceptors (Lipinski definition) is 4. The lowest BCUT2D eigenvalue weighted by atomic mass is 9.95. The Bertz CT molecular complexity index is 463. The summed E-state index contributed by atoms with van der Waals surface area (Å²) in [6.45, 7) is 8.57. The Morgan fingerprint density at radius 2 is 2.09 bits per heavy atom. The average molecular weight is 310 g/mol. The molecule has 0 spiro atoms. The SMILES string of the molecule is CC(NC(=O)C(C)(C)C)C(=O)NCCCOCc1ccco1. The van der Waals surface area contributed by atoms with Gasteiger partial charge in [0.1, 0.15) is 18.4 Å². The van der Waals surface area contributed by atoms with Crippen molar-refractivity contribution >= 4 is 11.8 Å². The number of hydrogen-bond donors (Lipinski definition) is 2. The molecule has 1 rings (SSSR count). The molecular formula is C16H26N2O4. The number of amides is 2. The molecule has 0 aromatic carbocycles. The third-order valence-corrected chi connectivity index (χ3v) is 3.01. The predicted octanol–water partition coefficient (Wildman–Crippen LogP) is 1.85. The summed E-state index contributed by atoms with van der Waals surface area (Å²) in [6, 6.07) is 3.11. The van der Waals surface area contributed by atoms with E-state index >= 15 is 0 Å². The van der Waals surface area contributed by atoms with Crippen molar-refractivity contribution in [2.45, 2.75) is 46.8 Å². The van der Waals surface area contributed by atoms with Gasteiger partial charge in [-0.15, -0.1) is 0 Å². The molecule has 0 saturated heterocycles. The number of carbonyl (C=O) groups is 2. The summed E-state index contributed by atoms with van der Waals surface area (Å²) in [7, 11) is 0. The molecule has 0 fully saturated rings. The normalized spacial score (nSPS) is 12.7. The monoisotopic (exact) mass is 310 g/mol. The van der Waals surface area contributed by atoms with Gasteiger partial charge in [-0.05, 0) is 25.5 Å². The summed E-state index contributed by atoms with van der Waals surface area (Å²) < 4.78 is 10.6. The first-order valence-corrected chi connectivity index (χ1v) is 7.49. The summed E-state index contributed by atoms with van der Waals surface area (Å²) in [6.07, 6.45) is 2.30. The van der Waals surface area contributed by atoms with Gasteiger partial charge in [0, 0.05) is 18.6 Å². The van der Waals surface area contributed by atoms with Crippen molar-refractivity contribution in [3.05, 3.63) is 24.2 Å². The van der Waals surface area contributed by atoms with Gasteiger partial charge in [-0.3, -0.25) is 9.59 Å². The van der Waals surface area contributed by atoms with Gasteiger partial charge in [0.25, 0.3) is 0 Å². The number of carbonyl (C=O) groups excluding carboxylic acids is 2. The highest BCUT2D eigenvalue weighted by molar-refractivity contribution is 5.89. The zero-order valence-corrected chi connectivity index (χ0v) is 13.8. The fourth-order valence-electron chi connectivity index (χ4n) is 1.59. The lowest BCUT2D eigenvalue weighted by Crippen LogP contribution is -2.48. The second-order valence-corrected chi connectivity index (χ2v) is 6.22. The van der Waals surface area contributed by atoms with Crippen LogP contribution in [-0.2, 0) is 20.9 Å².